The van der Waals surface area contributed by atoms with Crippen molar-refractivity contribution in [1.29, 1.82) is 0 Å². The molecule has 16 heavy (non-hydrogen) atoms. The van der Waals surface area contributed by atoms with Gasteiger partial charge in [0, 0.05) is 5.69 Å². The first-order chi connectivity index (χ1) is 7.61. The van der Waals surface area contributed by atoms with E-state index >= 15 is 0 Å². The quantitative estimate of drug-likeness (QED) is 0.829. The van der Waals surface area contributed by atoms with Crippen LogP contribution in [0.1, 0.15) is 11.4 Å². The lowest BCUT2D eigenvalue weighted by Gasteiger charge is -2.07. The van der Waals surface area contributed by atoms with Crippen LogP contribution in [0.25, 0.3) is 5.82 Å². The van der Waals surface area contributed by atoms with Crippen molar-refractivity contribution in [3.8, 4) is 11.7 Å². The van der Waals surface area contributed by atoms with E-state index in [2.05, 4.69) is 10.1 Å². The van der Waals surface area contributed by atoms with Crippen molar-refractivity contribution in [3.05, 3.63) is 29.6 Å². The Balaban J connectivity index is 2.52. The minimum absolute atomic E-state index is 0.421. The molecule has 0 amide bonds. The zero-order chi connectivity index (χ0) is 11.7. The highest BCUT2D eigenvalue weighted by Gasteiger charge is 2.08. The van der Waals surface area contributed by atoms with Gasteiger partial charge in [0.25, 0.3) is 0 Å². The number of aryl methyl sites for hydroxylation is 2. The Morgan fingerprint density at radius 1 is 1.31 bits per heavy atom. The number of nitrogens with two attached hydrogens (primary N) is 1. The molecule has 84 valence electrons. The first-order valence-corrected chi connectivity index (χ1v) is 4.96. The maximum absolute atomic E-state index is 5.70. The maximum atomic E-state index is 5.70. The van der Waals surface area contributed by atoms with E-state index in [1.165, 1.54) is 0 Å². The summed E-state index contributed by atoms with van der Waals surface area (Å²) in [4.78, 5) is 4.29. The van der Waals surface area contributed by atoms with Gasteiger partial charge >= 0.3 is 0 Å². The number of aromatic nitrogens is 3. The molecule has 2 aromatic rings. The second kappa shape index (κ2) is 3.84. The summed E-state index contributed by atoms with van der Waals surface area (Å²) in [5.41, 5.74) is 8.20. The van der Waals surface area contributed by atoms with E-state index in [1.807, 2.05) is 26.0 Å². The molecule has 0 unspecified atom stereocenters. The highest BCUT2D eigenvalue weighted by Crippen LogP contribution is 2.20. The molecular formula is C11H14N4O. The molecule has 2 aromatic heterocycles. The number of nitrogens with zero attached hydrogens (tertiary/aromatic N) is 3. The van der Waals surface area contributed by atoms with E-state index in [0.717, 1.165) is 11.4 Å². The van der Waals surface area contributed by atoms with Crippen molar-refractivity contribution < 1.29 is 4.74 Å². The van der Waals surface area contributed by atoms with Crippen LogP contribution in [0.15, 0.2) is 18.2 Å². The smallest absolute Gasteiger partial charge is 0.238 e. The predicted molar refractivity (Wildman–Crippen MR) is 61.8 cm³/mol. The third kappa shape index (κ3) is 1.71. The predicted octanol–water partition coefficient (Wildman–Crippen LogP) is 1.47. The van der Waals surface area contributed by atoms with Gasteiger partial charge in [0.2, 0.25) is 5.88 Å². The van der Waals surface area contributed by atoms with Crippen LogP contribution in [0, 0.1) is 13.8 Å². The van der Waals surface area contributed by atoms with E-state index in [1.54, 1.807) is 17.9 Å². The van der Waals surface area contributed by atoms with Crippen LogP contribution in [0.3, 0.4) is 0 Å². The Hall–Kier alpha value is -2.04. The molecule has 5 heteroatoms. The largest absolute Gasteiger partial charge is 0.479 e. The number of hydrogen-bond donors (Lipinski definition) is 1. The first kappa shape index (κ1) is 10.5. The van der Waals surface area contributed by atoms with Crippen molar-refractivity contribution in [2.45, 2.75) is 13.8 Å². The average molecular weight is 218 g/mol. The van der Waals surface area contributed by atoms with Crippen molar-refractivity contribution in [1.82, 2.24) is 14.8 Å². The summed E-state index contributed by atoms with van der Waals surface area (Å²) in [6.07, 6.45) is 0. The molecule has 0 aliphatic rings. The molecule has 0 radical (unpaired) electrons. The van der Waals surface area contributed by atoms with Crippen LogP contribution in [0.2, 0.25) is 0 Å². The van der Waals surface area contributed by atoms with Gasteiger partial charge in [-0.2, -0.15) is 10.1 Å². The summed E-state index contributed by atoms with van der Waals surface area (Å²) < 4.78 is 6.84. The van der Waals surface area contributed by atoms with Gasteiger partial charge in [-0.3, -0.25) is 0 Å². The van der Waals surface area contributed by atoms with Crippen LogP contribution in [0.5, 0.6) is 5.88 Å². The molecule has 0 aromatic carbocycles. The molecule has 0 spiro atoms. The lowest BCUT2D eigenvalue weighted by Crippen LogP contribution is -2.04. The Morgan fingerprint density at radius 2 is 2.06 bits per heavy atom. The summed E-state index contributed by atoms with van der Waals surface area (Å²) in [6.45, 7) is 3.92. The third-order valence-corrected chi connectivity index (χ3v) is 2.29. The van der Waals surface area contributed by atoms with Gasteiger partial charge in [-0.15, -0.1) is 0 Å². The summed E-state index contributed by atoms with van der Waals surface area (Å²) >= 11 is 0. The van der Waals surface area contributed by atoms with Gasteiger partial charge in [0.05, 0.1) is 18.5 Å². The zero-order valence-electron chi connectivity index (χ0n) is 9.56. The van der Waals surface area contributed by atoms with E-state index in [9.17, 15) is 0 Å². The SMILES string of the molecule is COc1nc(-n2nc(C)cc2C)ccc1N. The minimum Gasteiger partial charge on any atom is -0.479 e. The van der Waals surface area contributed by atoms with Crippen molar-refractivity contribution >= 4 is 5.69 Å². The number of rotatable bonds is 2. The Kier molecular flexibility index (Phi) is 2.52. The van der Waals surface area contributed by atoms with Crippen LogP contribution < -0.4 is 10.5 Å². The monoisotopic (exact) mass is 218 g/mol. The van der Waals surface area contributed by atoms with Crippen molar-refractivity contribution in [3.63, 3.8) is 0 Å². The Bertz CT molecular complexity index is 519. The van der Waals surface area contributed by atoms with E-state index in [0.29, 0.717) is 17.4 Å². The molecule has 2 heterocycles. The number of anilines is 1. The lowest BCUT2D eigenvalue weighted by molar-refractivity contribution is 0.399. The lowest BCUT2D eigenvalue weighted by atomic mass is 10.4. The summed E-state index contributed by atoms with van der Waals surface area (Å²) in [5, 5.41) is 4.34. The number of ether oxygens (including phenoxy) is 1. The molecular weight excluding hydrogens is 204 g/mol. The fourth-order valence-corrected chi connectivity index (χ4v) is 1.58. The van der Waals surface area contributed by atoms with Crippen molar-refractivity contribution in [2.24, 2.45) is 0 Å². The molecule has 0 fully saturated rings. The Labute approximate surface area is 93.9 Å². The summed E-state index contributed by atoms with van der Waals surface area (Å²) in [7, 11) is 1.55. The van der Waals surface area contributed by atoms with Gasteiger partial charge < -0.3 is 10.5 Å². The number of methoxy groups -OCH3 is 1. The molecule has 2 N–H and O–H groups in total. The summed E-state index contributed by atoms with van der Waals surface area (Å²) in [6, 6.07) is 5.57. The fraction of sp³-hybridized carbons (Fsp3) is 0.273. The standard InChI is InChI=1S/C11H14N4O/c1-7-6-8(2)15(14-7)10-5-4-9(12)11(13-10)16-3/h4-6H,12H2,1-3H3. The van der Waals surface area contributed by atoms with Gasteiger partial charge in [-0.05, 0) is 32.0 Å². The first-order valence-electron chi connectivity index (χ1n) is 4.96. The minimum atomic E-state index is 0.421. The highest BCUT2D eigenvalue weighted by molar-refractivity contribution is 5.50. The van der Waals surface area contributed by atoms with E-state index in [-0.39, 0.29) is 0 Å². The van der Waals surface area contributed by atoms with Crippen LogP contribution in [-0.2, 0) is 0 Å². The second-order valence-corrected chi connectivity index (χ2v) is 3.61. The fourth-order valence-electron chi connectivity index (χ4n) is 1.58. The summed E-state index contributed by atoms with van der Waals surface area (Å²) in [5.74, 6) is 1.13. The topological polar surface area (TPSA) is 66.0 Å². The highest BCUT2D eigenvalue weighted by atomic mass is 16.5. The van der Waals surface area contributed by atoms with Gasteiger partial charge in [0.15, 0.2) is 5.82 Å². The third-order valence-electron chi connectivity index (χ3n) is 2.29. The number of hydrogen-bond acceptors (Lipinski definition) is 4. The molecule has 0 aliphatic heterocycles. The van der Waals surface area contributed by atoms with Gasteiger partial charge in [0.1, 0.15) is 0 Å². The average Bonchev–Trinajstić information content (AvgIpc) is 2.59. The molecule has 0 atom stereocenters. The molecule has 2 rings (SSSR count). The number of pyridine rings is 1. The molecule has 0 saturated heterocycles. The zero-order valence-corrected chi connectivity index (χ0v) is 9.56. The van der Waals surface area contributed by atoms with Gasteiger partial charge in [-0.25, -0.2) is 4.68 Å². The molecule has 0 bridgehead atoms. The normalized spacial score (nSPS) is 10.4. The van der Waals surface area contributed by atoms with E-state index in [4.69, 9.17) is 10.5 Å². The second-order valence-electron chi connectivity index (χ2n) is 3.61. The molecule has 5 nitrogen and oxygen atoms in total. The number of nitrogen functional groups attached to an aromatic ring is 1. The molecule has 0 aliphatic carbocycles. The van der Waals surface area contributed by atoms with Crippen molar-refractivity contribution in [2.75, 3.05) is 12.8 Å². The van der Waals surface area contributed by atoms with Crippen LogP contribution in [-0.4, -0.2) is 21.9 Å². The van der Waals surface area contributed by atoms with Crippen LogP contribution in [0.4, 0.5) is 5.69 Å². The van der Waals surface area contributed by atoms with Crippen LogP contribution >= 0.6 is 0 Å². The maximum Gasteiger partial charge on any atom is 0.238 e. The van der Waals surface area contributed by atoms with Gasteiger partial charge in [-0.1, -0.05) is 0 Å². The Morgan fingerprint density at radius 3 is 2.62 bits per heavy atom. The molecule has 0 saturated carbocycles. The van der Waals surface area contributed by atoms with E-state index < -0.39 is 0 Å².